The molecule has 0 bridgehead atoms. The van der Waals surface area contributed by atoms with E-state index in [1.807, 2.05) is 0 Å². The number of aromatic nitrogens is 2. The summed E-state index contributed by atoms with van der Waals surface area (Å²) in [5, 5.41) is 3.06. The molecule has 11 heteroatoms. The minimum absolute atomic E-state index is 0.0895. The third-order valence-electron chi connectivity index (χ3n) is 5.31. The lowest BCUT2D eigenvalue weighted by molar-refractivity contribution is -0.274. The summed E-state index contributed by atoms with van der Waals surface area (Å²) in [7, 11) is 0. The summed E-state index contributed by atoms with van der Waals surface area (Å²) in [5.41, 5.74) is 0.471. The maximum atomic E-state index is 13.5. The topological polar surface area (TPSA) is 67.3 Å². The van der Waals surface area contributed by atoms with E-state index in [0.29, 0.717) is 25.3 Å². The van der Waals surface area contributed by atoms with Gasteiger partial charge in [-0.2, -0.15) is 0 Å². The zero-order chi connectivity index (χ0) is 23.6. The van der Waals surface area contributed by atoms with Crippen LogP contribution in [0.25, 0.3) is 11.0 Å². The van der Waals surface area contributed by atoms with Crippen molar-refractivity contribution in [3.8, 4) is 5.75 Å². The van der Waals surface area contributed by atoms with Crippen LogP contribution in [0.15, 0.2) is 42.6 Å². The van der Waals surface area contributed by atoms with Crippen LogP contribution in [0.1, 0.15) is 29.6 Å². The van der Waals surface area contributed by atoms with Gasteiger partial charge in [-0.05, 0) is 37.5 Å². The molecule has 1 atom stereocenters. The van der Waals surface area contributed by atoms with E-state index in [1.54, 1.807) is 4.90 Å². The molecule has 1 amide bonds. The van der Waals surface area contributed by atoms with E-state index >= 15 is 0 Å². The Morgan fingerprint density at radius 1 is 1.12 bits per heavy atom. The summed E-state index contributed by atoms with van der Waals surface area (Å²) >= 11 is 0. The number of likely N-dealkylation sites (tertiary alicyclic amines) is 1. The molecule has 3 aromatic rings. The maximum absolute atomic E-state index is 13.5. The van der Waals surface area contributed by atoms with Crippen LogP contribution in [0.4, 0.5) is 27.8 Å². The fourth-order valence-corrected chi connectivity index (χ4v) is 3.79. The Morgan fingerprint density at radius 3 is 2.64 bits per heavy atom. The lowest BCUT2D eigenvalue weighted by Crippen LogP contribution is -2.47. The van der Waals surface area contributed by atoms with Crippen LogP contribution >= 0.6 is 0 Å². The van der Waals surface area contributed by atoms with Crippen LogP contribution in [0, 0.1) is 11.6 Å². The van der Waals surface area contributed by atoms with Crippen molar-refractivity contribution in [2.24, 2.45) is 0 Å². The molecule has 0 aliphatic carbocycles. The van der Waals surface area contributed by atoms with Gasteiger partial charge in [0.15, 0.2) is 11.6 Å². The average molecular weight is 466 g/mol. The van der Waals surface area contributed by atoms with Crippen molar-refractivity contribution >= 4 is 22.8 Å². The van der Waals surface area contributed by atoms with Crippen LogP contribution in [-0.4, -0.2) is 46.3 Å². The van der Waals surface area contributed by atoms with Gasteiger partial charge in [0.1, 0.15) is 11.6 Å². The lowest BCUT2D eigenvalue weighted by atomic mass is 10.0. The van der Waals surface area contributed by atoms with Crippen LogP contribution in [0.3, 0.4) is 0 Å². The highest BCUT2D eigenvalue weighted by Gasteiger charge is 2.32. The van der Waals surface area contributed by atoms with Crippen molar-refractivity contribution in [2.45, 2.75) is 31.7 Å². The molecule has 6 nitrogen and oxygen atoms in total. The van der Waals surface area contributed by atoms with E-state index in [1.165, 1.54) is 18.3 Å². The van der Waals surface area contributed by atoms with E-state index in [4.69, 9.17) is 0 Å². The van der Waals surface area contributed by atoms with Gasteiger partial charge in [-0.15, -0.1) is 13.2 Å². The predicted octanol–water partition coefficient (Wildman–Crippen LogP) is 4.91. The van der Waals surface area contributed by atoms with Crippen molar-refractivity contribution in [2.75, 3.05) is 18.4 Å². The number of ether oxygens (including phenoxy) is 1. The number of rotatable bonds is 5. The summed E-state index contributed by atoms with van der Waals surface area (Å²) in [4.78, 5) is 22.9. The van der Waals surface area contributed by atoms with E-state index in [9.17, 15) is 26.7 Å². The molecule has 4 rings (SSSR count). The largest absolute Gasteiger partial charge is 0.573 e. The number of carbonyl (C=O) groups excluding carboxylic acids is 1. The van der Waals surface area contributed by atoms with Gasteiger partial charge in [0.25, 0.3) is 5.91 Å². The van der Waals surface area contributed by atoms with Gasteiger partial charge in [-0.3, -0.25) is 9.78 Å². The SMILES string of the molecule is O=C(c1cccc(OC(F)(F)F)c1)N1CCCC[C@H]1CNc1cnc2cc(F)c(F)cc2n1. The number of alkyl halides is 3. The molecule has 0 unspecified atom stereocenters. The first kappa shape index (κ1) is 22.7. The molecular weight excluding hydrogens is 447 g/mol. The van der Waals surface area contributed by atoms with Crippen molar-refractivity contribution in [1.82, 2.24) is 14.9 Å². The molecule has 1 N–H and O–H groups in total. The van der Waals surface area contributed by atoms with E-state index in [0.717, 1.165) is 37.1 Å². The second-order valence-corrected chi connectivity index (χ2v) is 7.61. The molecule has 1 aliphatic heterocycles. The minimum Gasteiger partial charge on any atom is -0.406 e. The van der Waals surface area contributed by atoms with Crippen LogP contribution < -0.4 is 10.1 Å². The Morgan fingerprint density at radius 2 is 1.88 bits per heavy atom. The number of nitrogens with zero attached hydrogens (tertiary/aromatic N) is 3. The second kappa shape index (κ2) is 9.16. The number of amides is 1. The fraction of sp³-hybridized carbons (Fsp3) is 0.318. The molecule has 1 saturated heterocycles. The van der Waals surface area contributed by atoms with E-state index in [2.05, 4.69) is 20.0 Å². The van der Waals surface area contributed by atoms with Crippen molar-refractivity contribution < 1.29 is 31.5 Å². The number of fused-ring (bicyclic) bond motifs is 1. The van der Waals surface area contributed by atoms with Gasteiger partial charge < -0.3 is 15.0 Å². The Balaban J connectivity index is 1.47. The first-order chi connectivity index (χ1) is 15.7. The summed E-state index contributed by atoms with van der Waals surface area (Å²) in [5.74, 6) is -2.59. The highest BCUT2D eigenvalue weighted by Crippen LogP contribution is 2.26. The van der Waals surface area contributed by atoms with Crippen LogP contribution in [0.5, 0.6) is 5.75 Å². The zero-order valence-electron chi connectivity index (χ0n) is 17.2. The number of carbonyl (C=O) groups is 1. The van der Waals surface area contributed by atoms with Gasteiger partial charge in [0, 0.05) is 36.8 Å². The van der Waals surface area contributed by atoms with Gasteiger partial charge >= 0.3 is 6.36 Å². The number of halogens is 5. The molecule has 174 valence electrons. The van der Waals surface area contributed by atoms with Gasteiger partial charge in [-0.25, -0.2) is 13.8 Å². The number of piperidine rings is 1. The van der Waals surface area contributed by atoms with E-state index < -0.39 is 29.7 Å². The normalized spacial score (nSPS) is 16.6. The number of hydrogen-bond donors (Lipinski definition) is 1. The Labute approximate surface area is 185 Å². The minimum atomic E-state index is -4.85. The molecule has 2 aromatic carbocycles. The van der Waals surface area contributed by atoms with Crippen LogP contribution in [-0.2, 0) is 0 Å². The molecule has 0 radical (unpaired) electrons. The Hall–Kier alpha value is -3.50. The maximum Gasteiger partial charge on any atom is 0.573 e. The molecule has 1 fully saturated rings. The Kier molecular flexibility index (Phi) is 6.30. The Bertz CT molecular complexity index is 1170. The number of hydrogen-bond acceptors (Lipinski definition) is 5. The summed E-state index contributed by atoms with van der Waals surface area (Å²) in [6, 6.07) is 6.63. The number of benzene rings is 2. The third-order valence-corrected chi connectivity index (χ3v) is 5.31. The summed E-state index contributed by atoms with van der Waals surface area (Å²) < 4.78 is 68.3. The summed E-state index contributed by atoms with van der Waals surface area (Å²) in [6.45, 7) is 0.748. The number of nitrogens with one attached hydrogen (secondary N) is 1. The molecule has 0 saturated carbocycles. The molecule has 1 aliphatic rings. The smallest absolute Gasteiger partial charge is 0.406 e. The summed E-state index contributed by atoms with van der Waals surface area (Å²) in [6.07, 6.45) is -1.15. The molecule has 33 heavy (non-hydrogen) atoms. The number of anilines is 1. The highest BCUT2D eigenvalue weighted by molar-refractivity contribution is 5.95. The second-order valence-electron chi connectivity index (χ2n) is 7.61. The van der Waals surface area contributed by atoms with E-state index in [-0.39, 0.29) is 22.6 Å². The standard InChI is InChI=1S/C22H19F5N4O2/c23-16-9-18-19(10-17(16)24)30-20(12-28-18)29-11-14-5-1-2-7-31(14)21(32)13-4-3-6-15(8-13)33-22(25,26)27/h3-4,6,8-10,12,14H,1-2,5,7,11H2,(H,29,30)/t14-/m0/s1. The fourth-order valence-electron chi connectivity index (χ4n) is 3.79. The first-order valence-corrected chi connectivity index (χ1v) is 10.2. The molecule has 0 spiro atoms. The predicted molar refractivity (Wildman–Crippen MR) is 110 cm³/mol. The van der Waals surface area contributed by atoms with Crippen molar-refractivity contribution in [3.63, 3.8) is 0 Å². The first-order valence-electron chi connectivity index (χ1n) is 10.2. The quantitative estimate of drug-likeness (QED) is 0.541. The zero-order valence-corrected chi connectivity index (χ0v) is 17.2. The van der Waals surface area contributed by atoms with Crippen molar-refractivity contribution in [1.29, 1.82) is 0 Å². The lowest BCUT2D eigenvalue weighted by Gasteiger charge is -2.36. The molecular formula is C22H19F5N4O2. The third kappa shape index (κ3) is 5.47. The monoisotopic (exact) mass is 466 g/mol. The highest BCUT2D eigenvalue weighted by atomic mass is 19.4. The van der Waals surface area contributed by atoms with Gasteiger partial charge in [0.05, 0.1) is 17.2 Å². The molecule has 2 heterocycles. The van der Waals surface area contributed by atoms with Gasteiger partial charge in [-0.1, -0.05) is 6.07 Å². The van der Waals surface area contributed by atoms with Crippen molar-refractivity contribution in [3.05, 3.63) is 59.8 Å². The average Bonchev–Trinajstić information content (AvgIpc) is 2.77. The molecule has 1 aromatic heterocycles. The van der Waals surface area contributed by atoms with Crippen LogP contribution in [0.2, 0.25) is 0 Å². The van der Waals surface area contributed by atoms with Gasteiger partial charge in [0.2, 0.25) is 0 Å².